The van der Waals surface area contributed by atoms with E-state index >= 15 is 0 Å². The summed E-state index contributed by atoms with van der Waals surface area (Å²) < 4.78 is 17.1. The van der Waals surface area contributed by atoms with Crippen molar-refractivity contribution >= 4 is 22.8 Å². The van der Waals surface area contributed by atoms with Crippen LogP contribution in [-0.4, -0.2) is 69.4 Å². The van der Waals surface area contributed by atoms with Crippen molar-refractivity contribution in [2.24, 2.45) is 0 Å². The molecule has 0 spiro atoms. The second kappa shape index (κ2) is 7.15. The number of pyridine rings is 1. The van der Waals surface area contributed by atoms with Crippen molar-refractivity contribution < 1.29 is 24.4 Å². The van der Waals surface area contributed by atoms with Crippen molar-refractivity contribution in [3.8, 4) is 17.3 Å². The third-order valence-electron chi connectivity index (χ3n) is 6.58. The van der Waals surface area contributed by atoms with Gasteiger partial charge in [-0.15, -0.1) is 0 Å². The first-order valence-corrected chi connectivity index (χ1v) is 10.8. The first-order valence-electron chi connectivity index (χ1n) is 10.4. The van der Waals surface area contributed by atoms with Crippen molar-refractivity contribution in [3.63, 3.8) is 0 Å². The minimum atomic E-state index is -0.629. The van der Waals surface area contributed by atoms with Crippen LogP contribution in [0.15, 0.2) is 30.3 Å². The lowest BCUT2D eigenvalue weighted by Crippen LogP contribution is -2.34. The Morgan fingerprint density at radius 3 is 2.65 bits per heavy atom. The van der Waals surface area contributed by atoms with Crippen molar-refractivity contribution in [2.75, 3.05) is 19.8 Å². The maximum atomic E-state index is 9.88. The number of aliphatic hydroxyl groups is 2. The smallest absolute Gasteiger partial charge is 0.296 e. The molecule has 4 heterocycles. The standard InChI is InChI=1S/C22H22ClN3O5/c23-13-7-14-20(25-17(13)11-1-3-12(4-2-11)22(10-27)5-6-22)26-21(24-14)31-16-9-30-18-15(28)8-29-19(16)18/h1-4,7,15-16,18-19,27-28H,5-6,8-10H2,(H,24,25,26). The fourth-order valence-electron chi connectivity index (χ4n) is 4.51. The molecule has 3 fully saturated rings. The van der Waals surface area contributed by atoms with Gasteiger partial charge in [-0.3, -0.25) is 0 Å². The van der Waals surface area contributed by atoms with Crippen LogP contribution >= 0.6 is 11.6 Å². The van der Waals surface area contributed by atoms with Crippen molar-refractivity contribution in [3.05, 3.63) is 40.9 Å². The van der Waals surface area contributed by atoms with Gasteiger partial charge in [0.05, 0.1) is 36.1 Å². The van der Waals surface area contributed by atoms with E-state index in [1.54, 1.807) is 6.07 Å². The summed E-state index contributed by atoms with van der Waals surface area (Å²) in [4.78, 5) is 12.2. The number of hydrogen-bond donors (Lipinski definition) is 3. The zero-order valence-corrected chi connectivity index (χ0v) is 17.4. The van der Waals surface area contributed by atoms with Gasteiger partial charge in [-0.1, -0.05) is 35.9 Å². The second-order valence-electron chi connectivity index (χ2n) is 8.57. The Kier molecular flexibility index (Phi) is 4.49. The van der Waals surface area contributed by atoms with Gasteiger partial charge in [0.25, 0.3) is 6.01 Å². The fourth-order valence-corrected chi connectivity index (χ4v) is 4.77. The van der Waals surface area contributed by atoms with E-state index in [0.29, 0.717) is 34.5 Å². The van der Waals surface area contributed by atoms with Gasteiger partial charge < -0.3 is 29.4 Å². The molecule has 31 heavy (non-hydrogen) atoms. The second-order valence-corrected chi connectivity index (χ2v) is 8.97. The predicted molar refractivity (Wildman–Crippen MR) is 112 cm³/mol. The lowest BCUT2D eigenvalue weighted by Gasteiger charge is -2.15. The number of nitrogens with zero attached hydrogens (tertiary/aromatic N) is 2. The number of imidazole rings is 1. The Morgan fingerprint density at radius 2 is 1.90 bits per heavy atom. The summed E-state index contributed by atoms with van der Waals surface area (Å²) in [5, 5.41) is 20.0. The molecule has 162 valence electrons. The van der Waals surface area contributed by atoms with Gasteiger partial charge in [0, 0.05) is 11.0 Å². The first-order chi connectivity index (χ1) is 15.1. The molecule has 3 N–H and O–H groups in total. The summed E-state index contributed by atoms with van der Waals surface area (Å²) in [6, 6.07) is 10.1. The third kappa shape index (κ3) is 3.21. The summed E-state index contributed by atoms with van der Waals surface area (Å²) in [6.45, 7) is 0.740. The van der Waals surface area contributed by atoms with E-state index in [1.807, 2.05) is 24.3 Å². The highest BCUT2D eigenvalue weighted by Crippen LogP contribution is 2.48. The van der Waals surface area contributed by atoms with Crippen molar-refractivity contribution in [1.29, 1.82) is 0 Å². The fraction of sp³-hybridized carbons (Fsp3) is 0.455. The molecule has 3 aliphatic rings. The van der Waals surface area contributed by atoms with Gasteiger partial charge in [-0.05, 0) is 24.5 Å². The molecule has 9 heteroatoms. The van der Waals surface area contributed by atoms with Gasteiger partial charge in [-0.2, -0.15) is 4.98 Å². The van der Waals surface area contributed by atoms with Gasteiger partial charge in [-0.25, -0.2) is 4.98 Å². The van der Waals surface area contributed by atoms with Crippen LogP contribution in [0.1, 0.15) is 18.4 Å². The van der Waals surface area contributed by atoms with Gasteiger partial charge >= 0.3 is 0 Å². The van der Waals surface area contributed by atoms with Gasteiger partial charge in [0.2, 0.25) is 0 Å². The number of aliphatic hydroxyl groups excluding tert-OH is 2. The van der Waals surface area contributed by atoms with Gasteiger partial charge in [0.1, 0.15) is 18.3 Å². The van der Waals surface area contributed by atoms with E-state index in [0.717, 1.165) is 24.0 Å². The summed E-state index contributed by atoms with van der Waals surface area (Å²) in [7, 11) is 0. The summed E-state index contributed by atoms with van der Waals surface area (Å²) >= 11 is 6.52. The maximum absolute atomic E-state index is 9.88. The highest BCUT2D eigenvalue weighted by molar-refractivity contribution is 6.33. The lowest BCUT2D eigenvalue weighted by atomic mass is 9.95. The average Bonchev–Trinajstić information content (AvgIpc) is 3.12. The number of ether oxygens (including phenoxy) is 3. The molecule has 6 rings (SSSR count). The highest BCUT2D eigenvalue weighted by Gasteiger charge is 2.48. The molecule has 1 aromatic carbocycles. The number of halogens is 1. The molecule has 0 radical (unpaired) electrons. The molecule has 1 saturated carbocycles. The quantitative estimate of drug-likeness (QED) is 0.554. The number of benzene rings is 1. The largest absolute Gasteiger partial charge is 0.456 e. The lowest BCUT2D eigenvalue weighted by molar-refractivity contribution is 0.00706. The van der Waals surface area contributed by atoms with Crippen molar-refractivity contribution in [2.45, 2.75) is 42.7 Å². The monoisotopic (exact) mass is 443 g/mol. The Hall–Kier alpha value is -2.23. The van der Waals surface area contributed by atoms with Crippen LogP contribution in [0.2, 0.25) is 5.02 Å². The molecule has 0 bridgehead atoms. The molecule has 4 atom stereocenters. The molecule has 2 saturated heterocycles. The number of nitrogens with one attached hydrogen (secondary N) is 1. The van der Waals surface area contributed by atoms with E-state index in [2.05, 4.69) is 15.0 Å². The number of rotatable bonds is 5. The predicted octanol–water partition coefficient (Wildman–Crippen LogP) is 2.21. The topological polar surface area (TPSA) is 110 Å². The van der Waals surface area contributed by atoms with E-state index in [1.165, 1.54) is 0 Å². The average molecular weight is 444 g/mol. The SMILES string of the molecule is OCC1(c2ccc(-c3nc4nc(OC5COC6C(O)COC56)[nH]c4cc3Cl)cc2)CC1. The number of hydrogen-bond acceptors (Lipinski definition) is 7. The molecular formula is C22H22ClN3O5. The molecule has 8 nitrogen and oxygen atoms in total. The zero-order chi connectivity index (χ0) is 21.2. The van der Waals surface area contributed by atoms with Crippen LogP contribution in [0, 0.1) is 0 Å². The Morgan fingerprint density at radius 1 is 1.13 bits per heavy atom. The summed E-state index contributed by atoms with van der Waals surface area (Å²) in [6.07, 6.45) is 0.366. The van der Waals surface area contributed by atoms with Crippen LogP contribution < -0.4 is 4.74 Å². The van der Waals surface area contributed by atoms with Crippen LogP contribution in [0.25, 0.3) is 22.4 Å². The Balaban J connectivity index is 1.26. The molecule has 1 aliphatic carbocycles. The van der Waals surface area contributed by atoms with Crippen molar-refractivity contribution in [1.82, 2.24) is 15.0 Å². The van der Waals surface area contributed by atoms with Crippen LogP contribution in [-0.2, 0) is 14.9 Å². The normalized spacial score (nSPS) is 28.7. The highest BCUT2D eigenvalue weighted by atomic mass is 35.5. The number of aromatic nitrogens is 3. The minimum absolute atomic E-state index is 0.0732. The molecule has 0 amide bonds. The third-order valence-corrected chi connectivity index (χ3v) is 6.86. The number of H-pyrrole nitrogens is 1. The van der Waals surface area contributed by atoms with E-state index in [9.17, 15) is 10.2 Å². The minimum Gasteiger partial charge on any atom is -0.456 e. The first kappa shape index (κ1) is 19.5. The van der Waals surface area contributed by atoms with Gasteiger partial charge in [0.15, 0.2) is 11.8 Å². The molecule has 2 aliphatic heterocycles. The van der Waals surface area contributed by atoms with E-state index in [4.69, 9.17) is 25.8 Å². The Labute approximate surface area is 183 Å². The zero-order valence-electron chi connectivity index (χ0n) is 16.6. The molecule has 4 unspecified atom stereocenters. The maximum Gasteiger partial charge on any atom is 0.296 e. The molecular weight excluding hydrogens is 422 g/mol. The molecule has 3 aromatic rings. The van der Waals surface area contributed by atoms with E-state index in [-0.39, 0.29) is 36.9 Å². The van der Waals surface area contributed by atoms with Crippen LogP contribution in [0.3, 0.4) is 0 Å². The summed E-state index contributed by atoms with van der Waals surface area (Å²) in [5.41, 5.74) is 3.75. The van der Waals surface area contributed by atoms with E-state index < -0.39 is 6.10 Å². The van der Waals surface area contributed by atoms with Crippen LogP contribution in [0.4, 0.5) is 0 Å². The number of fused-ring (bicyclic) bond motifs is 2. The molecule has 2 aromatic heterocycles. The Bertz CT molecular complexity index is 1130. The summed E-state index contributed by atoms with van der Waals surface area (Å²) in [5.74, 6) is 0. The van der Waals surface area contributed by atoms with Crippen LogP contribution in [0.5, 0.6) is 6.01 Å². The number of aromatic amines is 1.